The number of ether oxygens (including phenoxy) is 2. The van der Waals surface area contributed by atoms with Crippen molar-refractivity contribution >= 4 is 5.97 Å². The van der Waals surface area contributed by atoms with E-state index in [1.165, 1.54) is 0 Å². The molecule has 0 saturated carbocycles. The molecule has 0 atom stereocenters. The van der Waals surface area contributed by atoms with Crippen LogP contribution in [0.25, 0.3) is 0 Å². The first-order valence-corrected chi connectivity index (χ1v) is 6.75. The molecule has 0 unspecified atom stereocenters. The van der Waals surface area contributed by atoms with Crippen molar-refractivity contribution in [2.45, 2.75) is 33.3 Å². The number of hydrogen-bond donors (Lipinski definition) is 0. The van der Waals surface area contributed by atoms with Crippen LogP contribution in [0.2, 0.25) is 0 Å². The molecule has 0 saturated heterocycles. The first kappa shape index (κ1) is 15.4. The van der Waals surface area contributed by atoms with Gasteiger partial charge in [-0.25, -0.2) is 4.79 Å². The summed E-state index contributed by atoms with van der Waals surface area (Å²) in [6.45, 7) is 5.40. The van der Waals surface area contributed by atoms with Gasteiger partial charge in [-0.15, -0.1) is 0 Å². The van der Waals surface area contributed by atoms with Crippen molar-refractivity contribution in [1.29, 1.82) is 0 Å². The molecule has 1 rings (SSSR count). The molecule has 104 valence electrons. The molecule has 0 bridgehead atoms. The predicted molar refractivity (Wildman–Crippen MR) is 75.7 cm³/mol. The Morgan fingerprint density at radius 2 is 1.95 bits per heavy atom. The van der Waals surface area contributed by atoms with E-state index in [4.69, 9.17) is 9.47 Å². The number of hydrogen-bond acceptors (Lipinski definition) is 3. The standard InChI is InChI=1S/C16H22O3/c1-3-15(16(17)19-4-2)11-8-12-18-13-14-9-6-5-7-10-14/h5-7,9-11H,3-4,8,12-13H2,1-2H3/b15-11+. The van der Waals surface area contributed by atoms with Gasteiger partial charge < -0.3 is 9.47 Å². The van der Waals surface area contributed by atoms with Crippen LogP contribution in [0, 0.1) is 0 Å². The summed E-state index contributed by atoms with van der Waals surface area (Å²) in [4.78, 5) is 11.5. The maximum absolute atomic E-state index is 11.5. The Morgan fingerprint density at radius 1 is 1.21 bits per heavy atom. The third-order valence-corrected chi connectivity index (χ3v) is 2.68. The van der Waals surface area contributed by atoms with Gasteiger partial charge >= 0.3 is 5.97 Å². The van der Waals surface area contributed by atoms with Crippen molar-refractivity contribution in [2.75, 3.05) is 13.2 Å². The Hall–Kier alpha value is -1.61. The molecule has 0 aliphatic carbocycles. The smallest absolute Gasteiger partial charge is 0.333 e. The van der Waals surface area contributed by atoms with Gasteiger partial charge in [-0.1, -0.05) is 43.3 Å². The van der Waals surface area contributed by atoms with Crippen LogP contribution in [0.5, 0.6) is 0 Å². The van der Waals surface area contributed by atoms with E-state index in [9.17, 15) is 4.79 Å². The van der Waals surface area contributed by atoms with Gasteiger partial charge in [0.2, 0.25) is 0 Å². The minimum atomic E-state index is -0.215. The van der Waals surface area contributed by atoms with Crippen LogP contribution in [-0.2, 0) is 20.9 Å². The molecule has 1 aromatic rings. The fraction of sp³-hybridized carbons (Fsp3) is 0.438. The van der Waals surface area contributed by atoms with Crippen LogP contribution in [0.3, 0.4) is 0 Å². The highest BCUT2D eigenvalue weighted by molar-refractivity contribution is 5.88. The van der Waals surface area contributed by atoms with E-state index in [1.54, 1.807) is 0 Å². The summed E-state index contributed by atoms with van der Waals surface area (Å²) < 4.78 is 10.5. The lowest BCUT2D eigenvalue weighted by Gasteiger charge is -2.05. The van der Waals surface area contributed by atoms with Crippen LogP contribution >= 0.6 is 0 Å². The predicted octanol–water partition coefficient (Wildman–Crippen LogP) is 3.49. The fourth-order valence-electron chi connectivity index (χ4n) is 1.68. The Kier molecular flexibility index (Phi) is 7.59. The molecular formula is C16H22O3. The van der Waals surface area contributed by atoms with Gasteiger partial charge in [0, 0.05) is 5.57 Å². The lowest BCUT2D eigenvalue weighted by Crippen LogP contribution is -2.07. The first-order valence-electron chi connectivity index (χ1n) is 6.75. The van der Waals surface area contributed by atoms with E-state index in [0.29, 0.717) is 26.2 Å². The van der Waals surface area contributed by atoms with Crippen molar-refractivity contribution in [3.63, 3.8) is 0 Å². The lowest BCUT2D eigenvalue weighted by atomic mass is 10.2. The van der Waals surface area contributed by atoms with Crippen molar-refractivity contribution < 1.29 is 14.3 Å². The monoisotopic (exact) mass is 262 g/mol. The van der Waals surface area contributed by atoms with Gasteiger partial charge in [-0.2, -0.15) is 0 Å². The molecule has 3 nitrogen and oxygen atoms in total. The molecule has 0 aliphatic rings. The normalized spacial score (nSPS) is 11.4. The molecule has 19 heavy (non-hydrogen) atoms. The van der Waals surface area contributed by atoms with Gasteiger partial charge in [-0.3, -0.25) is 0 Å². The molecule has 0 amide bonds. The number of esters is 1. The van der Waals surface area contributed by atoms with Gasteiger partial charge in [0.15, 0.2) is 0 Å². The number of carbonyl (C=O) groups excluding carboxylic acids is 1. The summed E-state index contributed by atoms with van der Waals surface area (Å²) in [6, 6.07) is 10.0. The third-order valence-electron chi connectivity index (χ3n) is 2.68. The molecular weight excluding hydrogens is 240 g/mol. The van der Waals surface area contributed by atoms with Crippen molar-refractivity contribution in [3.05, 3.63) is 47.5 Å². The third kappa shape index (κ3) is 6.20. The molecule has 3 heteroatoms. The van der Waals surface area contributed by atoms with E-state index in [2.05, 4.69) is 0 Å². The van der Waals surface area contributed by atoms with E-state index in [0.717, 1.165) is 17.6 Å². The number of benzene rings is 1. The molecule has 0 fully saturated rings. The fourth-order valence-corrected chi connectivity index (χ4v) is 1.68. The molecule has 0 aliphatic heterocycles. The summed E-state index contributed by atoms with van der Waals surface area (Å²) in [5.41, 5.74) is 1.89. The van der Waals surface area contributed by atoms with Crippen LogP contribution < -0.4 is 0 Å². The Morgan fingerprint density at radius 3 is 2.58 bits per heavy atom. The van der Waals surface area contributed by atoms with Crippen molar-refractivity contribution in [1.82, 2.24) is 0 Å². The van der Waals surface area contributed by atoms with E-state index in [1.807, 2.05) is 50.3 Å². The molecule has 0 N–H and O–H groups in total. The summed E-state index contributed by atoms with van der Waals surface area (Å²) >= 11 is 0. The largest absolute Gasteiger partial charge is 0.463 e. The van der Waals surface area contributed by atoms with E-state index < -0.39 is 0 Å². The van der Waals surface area contributed by atoms with Gasteiger partial charge in [0.05, 0.1) is 19.8 Å². The van der Waals surface area contributed by atoms with Crippen LogP contribution in [-0.4, -0.2) is 19.2 Å². The SMILES string of the molecule is CCOC(=O)/C(=C/CCOCc1ccccc1)CC. The second-order valence-corrected chi connectivity index (χ2v) is 4.13. The summed E-state index contributed by atoms with van der Waals surface area (Å²) in [5.74, 6) is -0.215. The highest BCUT2D eigenvalue weighted by Gasteiger charge is 2.06. The Labute approximate surface area is 115 Å². The minimum Gasteiger partial charge on any atom is -0.463 e. The molecule has 0 radical (unpaired) electrons. The maximum Gasteiger partial charge on any atom is 0.333 e. The zero-order chi connectivity index (χ0) is 13.9. The first-order chi connectivity index (χ1) is 9.27. The average Bonchev–Trinajstić information content (AvgIpc) is 2.44. The summed E-state index contributed by atoms with van der Waals surface area (Å²) in [6.07, 6.45) is 3.33. The summed E-state index contributed by atoms with van der Waals surface area (Å²) in [7, 11) is 0. The molecule has 0 heterocycles. The highest BCUT2D eigenvalue weighted by atomic mass is 16.5. The van der Waals surface area contributed by atoms with Crippen LogP contribution in [0.1, 0.15) is 32.3 Å². The van der Waals surface area contributed by atoms with Gasteiger partial charge in [0.25, 0.3) is 0 Å². The topological polar surface area (TPSA) is 35.5 Å². The molecule has 0 aromatic heterocycles. The highest BCUT2D eigenvalue weighted by Crippen LogP contribution is 2.06. The number of carbonyl (C=O) groups is 1. The molecule has 1 aromatic carbocycles. The van der Waals surface area contributed by atoms with Crippen molar-refractivity contribution in [3.8, 4) is 0 Å². The van der Waals surface area contributed by atoms with Gasteiger partial charge in [0.1, 0.15) is 0 Å². The second-order valence-electron chi connectivity index (χ2n) is 4.13. The van der Waals surface area contributed by atoms with Crippen LogP contribution in [0.4, 0.5) is 0 Å². The second kappa shape index (κ2) is 9.34. The Balaban J connectivity index is 2.26. The van der Waals surface area contributed by atoms with E-state index >= 15 is 0 Å². The summed E-state index contributed by atoms with van der Waals surface area (Å²) in [5, 5.41) is 0. The lowest BCUT2D eigenvalue weighted by molar-refractivity contribution is -0.138. The van der Waals surface area contributed by atoms with E-state index in [-0.39, 0.29) is 5.97 Å². The van der Waals surface area contributed by atoms with Gasteiger partial charge in [-0.05, 0) is 25.3 Å². The van der Waals surface area contributed by atoms with Crippen molar-refractivity contribution in [2.24, 2.45) is 0 Å². The maximum atomic E-state index is 11.5. The zero-order valence-corrected chi connectivity index (χ0v) is 11.7. The average molecular weight is 262 g/mol. The number of rotatable bonds is 8. The minimum absolute atomic E-state index is 0.215. The molecule has 0 spiro atoms. The Bertz CT molecular complexity index is 396. The quantitative estimate of drug-likeness (QED) is 0.408. The zero-order valence-electron chi connectivity index (χ0n) is 11.7. The van der Waals surface area contributed by atoms with Crippen LogP contribution in [0.15, 0.2) is 42.0 Å².